The summed E-state index contributed by atoms with van der Waals surface area (Å²) in [7, 11) is 0. The highest BCUT2D eigenvalue weighted by Crippen LogP contribution is 2.20. The monoisotopic (exact) mass is 225 g/mol. The van der Waals surface area contributed by atoms with Gasteiger partial charge in [-0.15, -0.1) is 0 Å². The van der Waals surface area contributed by atoms with Crippen LogP contribution in [0.25, 0.3) is 0 Å². The molecule has 5 nitrogen and oxygen atoms in total. The average Bonchev–Trinajstić information content (AvgIpc) is 2.79. The molecular weight excluding hydrogens is 206 g/mol. The van der Waals surface area contributed by atoms with Gasteiger partial charge in [0.05, 0.1) is 6.04 Å². The third-order valence-corrected chi connectivity index (χ3v) is 2.90. The molecule has 1 aliphatic rings. The number of aromatic nitrogens is 2. The van der Waals surface area contributed by atoms with E-state index in [0.29, 0.717) is 5.89 Å². The number of aliphatic hydroxyl groups excluding tert-OH is 1. The van der Waals surface area contributed by atoms with Gasteiger partial charge < -0.3 is 14.9 Å². The van der Waals surface area contributed by atoms with Crippen molar-refractivity contribution in [2.24, 2.45) is 0 Å². The first-order valence-electron chi connectivity index (χ1n) is 6.07. The summed E-state index contributed by atoms with van der Waals surface area (Å²) in [5, 5.41) is 16.1. The Morgan fingerprint density at radius 3 is 3.06 bits per heavy atom. The normalized spacial score (nSPS) is 21.2. The first-order valence-corrected chi connectivity index (χ1v) is 6.07. The zero-order chi connectivity index (χ0) is 11.2. The van der Waals surface area contributed by atoms with Gasteiger partial charge >= 0.3 is 0 Å². The summed E-state index contributed by atoms with van der Waals surface area (Å²) in [5.74, 6) is 1.48. The van der Waals surface area contributed by atoms with Crippen molar-refractivity contribution in [3.8, 4) is 0 Å². The van der Waals surface area contributed by atoms with Gasteiger partial charge in [-0.05, 0) is 32.2 Å². The van der Waals surface area contributed by atoms with Gasteiger partial charge in [-0.1, -0.05) is 11.6 Å². The molecule has 1 saturated heterocycles. The second kappa shape index (κ2) is 5.96. The summed E-state index contributed by atoms with van der Waals surface area (Å²) in [6.07, 6.45) is 6.01. The van der Waals surface area contributed by atoms with E-state index in [9.17, 15) is 0 Å². The quantitative estimate of drug-likeness (QED) is 0.737. The van der Waals surface area contributed by atoms with E-state index >= 15 is 0 Å². The molecule has 1 unspecified atom stereocenters. The van der Waals surface area contributed by atoms with Crippen LogP contribution in [0.15, 0.2) is 4.52 Å². The molecule has 1 aliphatic heterocycles. The Morgan fingerprint density at radius 1 is 1.38 bits per heavy atom. The lowest BCUT2D eigenvalue weighted by molar-refractivity contribution is 0.280. The number of unbranched alkanes of at least 4 members (excludes halogenated alkanes) is 1. The molecule has 1 fully saturated rings. The Balaban J connectivity index is 1.85. The molecule has 0 bridgehead atoms. The smallest absolute Gasteiger partial charge is 0.226 e. The Labute approximate surface area is 95.2 Å². The molecule has 0 radical (unpaired) electrons. The molecule has 5 heteroatoms. The Kier molecular flexibility index (Phi) is 4.30. The topological polar surface area (TPSA) is 71.2 Å². The van der Waals surface area contributed by atoms with Crippen molar-refractivity contribution in [1.82, 2.24) is 15.5 Å². The standard InChI is InChI=1S/C11H19N3O2/c15-8-4-2-6-10-13-11(14-16-10)9-5-1-3-7-12-9/h9,12,15H,1-8H2. The Morgan fingerprint density at radius 2 is 2.31 bits per heavy atom. The molecule has 1 aromatic heterocycles. The average molecular weight is 225 g/mol. The zero-order valence-electron chi connectivity index (χ0n) is 9.48. The number of nitrogens with one attached hydrogen (secondary N) is 1. The number of hydrogen-bond donors (Lipinski definition) is 2. The summed E-state index contributed by atoms with van der Waals surface area (Å²) < 4.78 is 5.18. The van der Waals surface area contributed by atoms with Crippen molar-refractivity contribution in [3.63, 3.8) is 0 Å². The Hall–Kier alpha value is -0.940. The van der Waals surface area contributed by atoms with Gasteiger partial charge in [0.15, 0.2) is 5.82 Å². The minimum atomic E-state index is 0.227. The van der Waals surface area contributed by atoms with Crippen LogP contribution in [0.1, 0.15) is 49.9 Å². The van der Waals surface area contributed by atoms with E-state index in [4.69, 9.17) is 9.63 Å². The van der Waals surface area contributed by atoms with E-state index in [2.05, 4.69) is 15.5 Å². The molecule has 1 aromatic rings. The van der Waals surface area contributed by atoms with Gasteiger partial charge in [-0.25, -0.2) is 0 Å². The van der Waals surface area contributed by atoms with Crippen LogP contribution in [0, 0.1) is 0 Å². The number of rotatable bonds is 5. The predicted molar refractivity (Wildman–Crippen MR) is 58.9 cm³/mol. The fourth-order valence-electron chi connectivity index (χ4n) is 1.97. The highest BCUT2D eigenvalue weighted by molar-refractivity contribution is 4.95. The maximum absolute atomic E-state index is 8.68. The SMILES string of the molecule is OCCCCc1nc(C2CCCCN2)no1. The second-order valence-corrected chi connectivity index (χ2v) is 4.23. The van der Waals surface area contributed by atoms with E-state index in [0.717, 1.165) is 38.1 Å². The molecule has 1 atom stereocenters. The number of hydrogen-bond acceptors (Lipinski definition) is 5. The molecule has 16 heavy (non-hydrogen) atoms. The predicted octanol–water partition coefficient (Wildman–Crippen LogP) is 1.20. The molecule has 2 rings (SSSR count). The van der Waals surface area contributed by atoms with Crippen LogP contribution in [0.4, 0.5) is 0 Å². The summed E-state index contributed by atoms with van der Waals surface area (Å²) in [5.41, 5.74) is 0. The summed E-state index contributed by atoms with van der Waals surface area (Å²) >= 11 is 0. The summed E-state index contributed by atoms with van der Waals surface area (Å²) in [4.78, 5) is 4.38. The van der Waals surface area contributed by atoms with Crippen molar-refractivity contribution >= 4 is 0 Å². The third-order valence-electron chi connectivity index (χ3n) is 2.90. The van der Waals surface area contributed by atoms with Gasteiger partial charge in [-0.3, -0.25) is 0 Å². The highest BCUT2D eigenvalue weighted by atomic mass is 16.5. The van der Waals surface area contributed by atoms with E-state index < -0.39 is 0 Å². The largest absolute Gasteiger partial charge is 0.396 e. The maximum Gasteiger partial charge on any atom is 0.226 e. The van der Waals surface area contributed by atoms with Gasteiger partial charge in [0.2, 0.25) is 5.89 Å². The van der Waals surface area contributed by atoms with Crippen LogP contribution < -0.4 is 5.32 Å². The number of aryl methyl sites for hydroxylation is 1. The molecular formula is C11H19N3O2. The number of piperidine rings is 1. The van der Waals surface area contributed by atoms with Crippen molar-refractivity contribution in [1.29, 1.82) is 0 Å². The van der Waals surface area contributed by atoms with Crippen molar-refractivity contribution in [2.45, 2.75) is 44.6 Å². The lowest BCUT2D eigenvalue weighted by atomic mass is 10.0. The van der Waals surface area contributed by atoms with E-state index in [1.165, 1.54) is 12.8 Å². The van der Waals surface area contributed by atoms with Gasteiger partial charge in [0.25, 0.3) is 0 Å². The van der Waals surface area contributed by atoms with E-state index in [-0.39, 0.29) is 12.6 Å². The molecule has 90 valence electrons. The molecule has 2 N–H and O–H groups in total. The molecule has 0 amide bonds. The summed E-state index contributed by atoms with van der Waals surface area (Å²) in [6.45, 7) is 1.27. The maximum atomic E-state index is 8.68. The van der Waals surface area contributed by atoms with Crippen LogP contribution in [0.2, 0.25) is 0 Å². The van der Waals surface area contributed by atoms with Crippen molar-refractivity contribution in [3.05, 3.63) is 11.7 Å². The van der Waals surface area contributed by atoms with Crippen LogP contribution in [-0.4, -0.2) is 28.4 Å². The number of nitrogens with zero attached hydrogens (tertiary/aromatic N) is 2. The molecule has 0 saturated carbocycles. The Bertz CT molecular complexity index is 308. The van der Waals surface area contributed by atoms with Crippen LogP contribution >= 0.6 is 0 Å². The first-order chi connectivity index (χ1) is 7.90. The second-order valence-electron chi connectivity index (χ2n) is 4.23. The summed E-state index contributed by atoms with van der Waals surface area (Å²) in [6, 6.07) is 0.268. The van der Waals surface area contributed by atoms with Crippen LogP contribution in [0.5, 0.6) is 0 Å². The minimum absolute atomic E-state index is 0.227. The van der Waals surface area contributed by atoms with Crippen molar-refractivity contribution < 1.29 is 9.63 Å². The lowest BCUT2D eigenvalue weighted by Gasteiger charge is -2.19. The lowest BCUT2D eigenvalue weighted by Crippen LogP contribution is -2.27. The fraction of sp³-hybridized carbons (Fsp3) is 0.818. The van der Waals surface area contributed by atoms with Gasteiger partial charge in [-0.2, -0.15) is 4.98 Å². The van der Waals surface area contributed by atoms with Gasteiger partial charge in [0.1, 0.15) is 0 Å². The van der Waals surface area contributed by atoms with E-state index in [1.54, 1.807) is 0 Å². The number of aliphatic hydroxyl groups is 1. The molecule has 0 aromatic carbocycles. The van der Waals surface area contributed by atoms with E-state index in [1.807, 2.05) is 0 Å². The highest BCUT2D eigenvalue weighted by Gasteiger charge is 2.19. The fourth-order valence-corrected chi connectivity index (χ4v) is 1.97. The molecule has 0 aliphatic carbocycles. The molecule has 2 heterocycles. The molecule has 0 spiro atoms. The minimum Gasteiger partial charge on any atom is -0.396 e. The first kappa shape index (κ1) is 11.5. The van der Waals surface area contributed by atoms with Gasteiger partial charge in [0, 0.05) is 13.0 Å². The van der Waals surface area contributed by atoms with Crippen LogP contribution in [0.3, 0.4) is 0 Å². The third kappa shape index (κ3) is 3.02. The van der Waals surface area contributed by atoms with Crippen molar-refractivity contribution in [2.75, 3.05) is 13.2 Å². The van der Waals surface area contributed by atoms with Crippen LogP contribution in [-0.2, 0) is 6.42 Å². The zero-order valence-corrected chi connectivity index (χ0v) is 9.48.